The molecule has 1 saturated heterocycles. The van der Waals surface area contributed by atoms with E-state index in [1.165, 1.54) is 25.0 Å². The summed E-state index contributed by atoms with van der Waals surface area (Å²) < 4.78 is 0. The molecule has 17 heavy (non-hydrogen) atoms. The molecule has 1 aliphatic heterocycles. The van der Waals surface area contributed by atoms with Crippen LogP contribution in [-0.2, 0) is 4.79 Å². The van der Waals surface area contributed by atoms with Gasteiger partial charge < -0.3 is 0 Å². The summed E-state index contributed by atoms with van der Waals surface area (Å²) in [5.41, 5.74) is 0. The maximum absolute atomic E-state index is 12.5. The minimum Gasteiger partial charge on any atom is -0.298 e. The Kier molecular flexibility index (Phi) is 5.28. The summed E-state index contributed by atoms with van der Waals surface area (Å²) in [4.78, 5) is 12.5. The average Bonchev–Trinajstić information content (AvgIpc) is 2.39. The number of ketones is 1. The fraction of sp³-hybridized carbons (Fsp3) is 0.929. The molecule has 1 heterocycles. The molecule has 1 aliphatic carbocycles. The van der Waals surface area contributed by atoms with Gasteiger partial charge in [0.2, 0.25) is 0 Å². The first-order valence-corrected chi connectivity index (χ1v) is 9.09. The second kappa shape index (κ2) is 6.51. The van der Waals surface area contributed by atoms with Gasteiger partial charge in [0.1, 0.15) is 5.78 Å². The quantitative estimate of drug-likeness (QED) is 0.773. The highest BCUT2D eigenvalue weighted by molar-refractivity contribution is 8.07. The molecule has 2 unspecified atom stereocenters. The van der Waals surface area contributed by atoms with Gasteiger partial charge in [-0.2, -0.15) is 11.8 Å². The summed E-state index contributed by atoms with van der Waals surface area (Å²) in [6.07, 6.45) is 6.18. The Hall–Kier alpha value is 0.370. The first-order valence-electron chi connectivity index (χ1n) is 6.99. The van der Waals surface area contributed by atoms with Crippen LogP contribution in [0.4, 0.5) is 0 Å². The topological polar surface area (TPSA) is 17.1 Å². The molecule has 2 aliphatic rings. The van der Waals surface area contributed by atoms with Crippen LogP contribution in [0.5, 0.6) is 0 Å². The lowest BCUT2D eigenvalue weighted by molar-refractivity contribution is -0.123. The molecule has 2 fully saturated rings. The van der Waals surface area contributed by atoms with Crippen molar-refractivity contribution in [1.82, 2.24) is 0 Å². The van der Waals surface area contributed by atoms with Crippen molar-refractivity contribution >= 4 is 29.3 Å². The van der Waals surface area contributed by atoms with Crippen LogP contribution in [0.15, 0.2) is 0 Å². The molecule has 0 amide bonds. The van der Waals surface area contributed by atoms with Crippen molar-refractivity contribution < 1.29 is 4.79 Å². The fourth-order valence-corrected chi connectivity index (χ4v) is 5.84. The highest BCUT2D eigenvalue weighted by Crippen LogP contribution is 2.37. The zero-order valence-electron chi connectivity index (χ0n) is 11.0. The van der Waals surface area contributed by atoms with Crippen molar-refractivity contribution in [1.29, 1.82) is 0 Å². The Morgan fingerprint density at radius 1 is 1.12 bits per heavy atom. The Bertz CT molecular complexity index is 259. The third-order valence-electron chi connectivity index (χ3n) is 4.29. The molecule has 0 aromatic carbocycles. The van der Waals surface area contributed by atoms with E-state index in [4.69, 9.17) is 0 Å². The van der Waals surface area contributed by atoms with Crippen molar-refractivity contribution in [2.24, 2.45) is 11.8 Å². The van der Waals surface area contributed by atoms with Gasteiger partial charge in [0, 0.05) is 22.7 Å². The van der Waals surface area contributed by atoms with Crippen LogP contribution < -0.4 is 0 Å². The van der Waals surface area contributed by atoms with Gasteiger partial charge in [0.15, 0.2) is 0 Å². The van der Waals surface area contributed by atoms with Crippen molar-refractivity contribution in [2.45, 2.75) is 56.5 Å². The number of thioether (sulfide) groups is 2. The van der Waals surface area contributed by atoms with Gasteiger partial charge in [-0.15, -0.1) is 11.8 Å². The van der Waals surface area contributed by atoms with Crippen LogP contribution in [0.25, 0.3) is 0 Å². The molecule has 2 atom stereocenters. The van der Waals surface area contributed by atoms with Crippen LogP contribution in [0.2, 0.25) is 0 Å². The molecule has 0 N–H and O–H groups in total. The molecule has 0 bridgehead atoms. The van der Waals surface area contributed by atoms with Crippen LogP contribution in [0.3, 0.4) is 0 Å². The molecule has 1 saturated carbocycles. The lowest BCUT2D eigenvalue weighted by Gasteiger charge is -2.33. The van der Waals surface area contributed by atoms with E-state index in [9.17, 15) is 4.79 Å². The van der Waals surface area contributed by atoms with E-state index < -0.39 is 0 Å². The molecule has 1 nitrogen and oxygen atoms in total. The maximum atomic E-state index is 12.5. The molecule has 98 valence electrons. The zero-order valence-corrected chi connectivity index (χ0v) is 12.6. The van der Waals surface area contributed by atoms with E-state index >= 15 is 0 Å². The van der Waals surface area contributed by atoms with Crippen LogP contribution >= 0.6 is 23.5 Å². The minimum absolute atomic E-state index is 0.289. The van der Waals surface area contributed by atoms with Gasteiger partial charge in [-0.1, -0.05) is 20.3 Å². The van der Waals surface area contributed by atoms with Gasteiger partial charge in [-0.3, -0.25) is 4.79 Å². The second-order valence-corrected chi connectivity index (χ2v) is 8.13. The number of rotatable bonds is 3. The first-order chi connectivity index (χ1) is 8.22. The minimum atomic E-state index is 0.289. The number of Topliss-reactive ketones (excluding diaryl/α,β-unsaturated/α-hetero) is 1. The molecule has 0 spiro atoms. The number of carbonyl (C=O) groups excluding carboxylic acids is 1. The predicted molar refractivity (Wildman–Crippen MR) is 78.9 cm³/mol. The van der Waals surface area contributed by atoms with Crippen molar-refractivity contribution in [3.63, 3.8) is 0 Å². The van der Waals surface area contributed by atoms with E-state index in [-0.39, 0.29) is 5.25 Å². The van der Waals surface area contributed by atoms with Crippen LogP contribution in [-0.4, -0.2) is 27.8 Å². The summed E-state index contributed by atoms with van der Waals surface area (Å²) in [5, 5.41) is 0.821. The molecule has 0 aromatic rings. The molecule has 0 aromatic heterocycles. The Balaban J connectivity index is 1.87. The monoisotopic (exact) mass is 272 g/mol. The molecular weight excluding hydrogens is 248 g/mol. The maximum Gasteiger partial charge on any atom is 0.149 e. The van der Waals surface area contributed by atoms with E-state index in [0.29, 0.717) is 17.0 Å². The number of hydrogen-bond acceptors (Lipinski definition) is 3. The van der Waals surface area contributed by atoms with E-state index in [2.05, 4.69) is 13.8 Å². The lowest BCUT2D eigenvalue weighted by atomic mass is 9.78. The smallest absolute Gasteiger partial charge is 0.149 e. The van der Waals surface area contributed by atoms with Gasteiger partial charge >= 0.3 is 0 Å². The summed E-state index contributed by atoms with van der Waals surface area (Å²) in [7, 11) is 0. The first kappa shape index (κ1) is 13.8. The highest BCUT2D eigenvalue weighted by Gasteiger charge is 2.35. The predicted octanol–water partition coefficient (Wildman–Crippen LogP) is 4.01. The average molecular weight is 272 g/mol. The van der Waals surface area contributed by atoms with Gasteiger partial charge in [-0.25, -0.2) is 0 Å². The Morgan fingerprint density at radius 2 is 1.76 bits per heavy atom. The third kappa shape index (κ3) is 3.44. The largest absolute Gasteiger partial charge is 0.298 e. The second-order valence-electron chi connectivity index (χ2n) is 5.40. The normalized spacial score (nSPS) is 38.9. The Morgan fingerprint density at radius 3 is 2.35 bits per heavy atom. The number of hydrogen-bond donors (Lipinski definition) is 0. The van der Waals surface area contributed by atoms with Crippen molar-refractivity contribution in [3.8, 4) is 0 Å². The summed E-state index contributed by atoms with van der Waals surface area (Å²) in [6.45, 7) is 4.51. The van der Waals surface area contributed by atoms with E-state index in [0.717, 1.165) is 24.5 Å². The Labute approximate surface area is 114 Å². The third-order valence-corrected chi connectivity index (χ3v) is 7.40. The molecule has 2 rings (SSSR count). The van der Waals surface area contributed by atoms with Crippen molar-refractivity contribution in [2.75, 3.05) is 11.5 Å². The summed E-state index contributed by atoms with van der Waals surface area (Å²) >= 11 is 3.89. The fourth-order valence-electron chi connectivity index (χ4n) is 3.03. The number of carbonyl (C=O) groups is 1. The van der Waals surface area contributed by atoms with Crippen LogP contribution in [0.1, 0.15) is 46.0 Å². The van der Waals surface area contributed by atoms with Crippen LogP contribution in [0, 0.1) is 11.8 Å². The summed E-state index contributed by atoms with van der Waals surface area (Å²) in [6, 6.07) is 0. The van der Waals surface area contributed by atoms with Gasteiger partial charge in [-0.05, 0) is 31.6 Å². The molecular formula is C14H24OS2. The molecule has 3 heteroatoms. The van der Waals surface area contributed by atoms with Crippen molar-refractivity contribution in [3.05, 3.63) is 0 Å². The van der Waals surface area contributed by atoms with Gasteiger partial charge in [0.05, 0.1) is 5.25 Å². The highest BCUT2D eigenvalue weighted by atomic mass is 32.2. The SMILES string of the molecule is CCC1CCC(C(=O)C2SCCSC2C)CC1. The summed E-state index contributed by atoms with van der Waals surface area (Å²) in [5.74, 6) is 4.24. The zero-order chi connectivity index (χ0) is 12.3. The lowest BCUT2D eigenvalue weighted by Crippen LogP contribution is -2.37. The van der Waals surface area contributed by atoms with E-state index in [1.807, 2.05) is 23.5 Å². The van der Waals surface area contributed by atoms with E-state index in [1.54, 1.807) is 0 Å². The molecule has 0 radical (unpaired) electrons. The standard InChI is InChI=1S/C14H24OS2/c1-3-11-4-6-12(7-5-11)13(15)14-10(2)16-8-9-17-14/h10-12,14H,3-9H2,1-2H3. The van der Waals surface area contributed by atoms with Gasteiger partial charge in [0.25, 0.3) is 0 Å².